The van der Waals surface area contributed by atoms with Gasteiger partial charge in [0, 0.05) is 25.7 Å². The summed E-state index contributed by atoms with van der Waals surface area (Å²) in [7, 11) is 0. The molecule has 84 valence electrons. The molecule has 1 amide bonds. The van der Waals surface area contributed by atoms with Gasteiger partial charge in [-0.1, -0.05) is 6.92 Å². The fourth-order valence-electron chi connectivity index (χ4n) is 1.37. The van der Waals surface area contributed by atoms with Crippen LogP contribution in [-0.4, -0.2) is 22.0 Å². The first-order chi connectivity index (χ1) is 7.24. The molecule has 0 aliphatic heterocycles. The number of carbonyl (C=O) groups excluding carboxylic acids is 1. The molecular formula is C10H18N4O. The molecule has 0 spiro atoms. The van der Waals surface area contributed by atoms with Crippen molar-refractivity contribution in [2.24, 2.45) is 5.73 Å². The van der Waals surface area contributed by atoms with Gasteiger partial charge in [-0.25, -0.2) is 4.98 Å². The highest BCUT2D eigenvalue weighted by molar-refractivity contribution is 5.73. The first kappa shape index (κ1) is 11.7. The van der Waals surface area contributed by atoms with Gasteiger partial charge in [-0.2, -0.15) is 0 Å². The molecule has 0 saturated carbocycles. The van der Waals surface area contributed by atoms with E-state index in [2.05, 4.69) is 17.2 Å². The number of hydrogen-bond acceptors (Lipinski definition) is 3. The van der Waals surface area contributed by atoms with Crippen molar-refractivity contribution >= 4 is 5.91 Å². The van der Waals surface area contributed by atoms with Gasteiger partial charge in [-0.3, -0.25) is 4.79 Å². The minimum Gasteiger partial charge on any atom is -0.370 e. The van der Waals surface area contributed by atoms with Crippen molar-refractivity contribution < 1.29 is 4.79 Å². The van der Waals surface area contributed by atoms with E-state index in [1.165, 1.54) is 0 Å². The highest BCUT2D eigenvalue weighted by Crippen LogP contribution is 2.01. The van der Waals surface area contributed by atoms with Crippen LogP contribution in [0.1, 0.15) is 25.5 Å². The molecule has 1 rings (SSSR count). The lowest BCUT2D eigenvalue weighted by Crippen LogP contribution is -2.16. The van der Waals surface area contributed by atoms with Gasteiger partial charge in [-0.15, -0.1) is 0 Å². The Labute approximate surface area is 89.7 Å². The topological polar surface area (TPSA) is 72.9 Å². The molecule has 1 aromatic heterocycles. The lowest BCUT2D eigenvalue weighted by Gasteiger charge is -2.07. The second-order valence-electron chi connectivity index (χ2n) is 3.43. The van der Waals surface area contributed by atoms with Crippen molar-refractivity contribution in [2.45, 2.75) is 32.9 Å². The number of hydrogen-bond donors (Lipinski definition) is 2. The molecule has 0 aliphatic rings. The van der Waals surface area contributed by atoms with Crippen LogP contribution in [0.3, 0.4) is 0 Å². The SMILES string of the molecule is CCNCc1cncn1CCCC(N)=O. The van der Waals surface area contributed by atoms with Gasteiger partial charge in [-0.05, 0) is 13.0 Å². The molecule has 0 aromatic carbocycles. The normalized spacial score (nSPS) is 10.5. The number of imidazole rings is 1. The molecule has 5 nitrogen and oxygen atoms in total. The van der Waals surface area contributed by atoms with E-state index in [0.29, 0.717) is 6.42 Å². The van der Waals surface area contributed by atoms with Crippen molar-refractivity contribution in [1.82, 2.24) is 14.9 Å². The number of amides is 1. The van der Waals surface area contributed by atoms with Gasteiger partial charge < -0.3 is 15.6 Å². The van der Waals surface area contributed by atoms with Gasteiger partial charge in [0.05, 0.1) is 12.0 Å². The Morgan fingerprint density at radius 3 is 3.13 bits per heavy atom. The maximum atomic E-state index is 10.6. The predicted molar refractivity (Wildman–Crippen MR) is 58.0 cm³/mol. The third-order valence-corrected chi connectivity index (χ3v) is 2.18. The highest BCUT2D eigenvalue weighted by Gasteiger charge is 2.01. The highest BCUT2D eigenvalue weighted by atomic mass is 16.1. The number of rotatable bonds is 7. The third-order valence-electron chi connectivity index (χ3n) is 2.18. The summed E-state index contributed by atoms with van der Waals surface area (Å²) in [5.74, 6) is -0.247. The van der Waals surface area contributed by atoms with Gasteiger partial charge in [0.2, 0.25) is 5.91 Å². The van der Waals surface area contributed by atoms with Gasteiger partial charge >= 0.3 is 0 Å². The summed E-state index contributed by atoms with van der Waals surface area (Å²) in [6.45, 7) is 4.61. The number of primary amides is 1. The number of carbonyl (C=O) groups is 1. The van der Waals surface area contributed by atoms with Crippen molar-refractivity contribution in [2.75, 3.05) is 6.54 Å². The van der Waals surface area contributed by atoms with Gasteiger partial charge in [0.1, 0.15) is 0 Å². The predicted octanol–water partition coefficient (Wildman–Crippen LogP) is 0.258. The van der Waals surface area contributed by atoms with Crippen LogP contribution >= 0.6 is 0 Å². The molecule has 0 atom stereocenters. The molecule has 15 heavy (non-hydrogen) atoms. The maximum absolute atomic E-state index is 10.6. The fourth-order valence-corrected chi connectivity index (χ4v) is 1.37. The van der Waals surface area contributed by atoms with E-state index in [9.17, 15) is 4.79 Å². The average molecular weight is 210 g/mol. The molecule has 0 bridgehead atoms. The quantitative estimate of drug-likeness (QED) is 0.678. The summed E-state index contributed by atoms with van der Waals surface area (Å²) < 4.78 is 2.05. The molecule has 1 heterocycles. The Balaban J connectivity index is 2.39. The van der Waals surface area contributed by atoms with Crippen LogP contribution in [0.2, 0.25) is 0 Å². The molecule has 0 saturated heterocycles. The van der Waals surface area contributed by atoms with Crippen LogP contribution in [0.5, 0.6) is 0 Å². The molecule has 0 radical (unpaired) electrons. The van der Waals surface area contributed by atoms with E-state index in [-0.39, 0.29) is 5.91 Å². The third kappa shape index (κ3) is 4.12. The van der Waals surface area contributed by atoms with Crippen molar-refractivity contribution in [1.29, 1.82) is 0 Å². The van der Waals surface area contributed by atoms with Crippen LogP contribution in [0.25, 0.3) is 0 Å². The molecule has 0 unspecified atom stereocenters. The minimum absolute atomic E-state index is 0.247. The molecular weight excluding hydrogens is 192 g/mol. The van der Waals surface area contributed by atoms with E-state index >= 15 is 0 Å². The van der Waals surface area contributed by atoms with Crippen LogP contribution in [0, 0.1) is 0 Å². The zero-order valence-corrected chi connectivity index (χ0v) is 9.07. The van der Waals surface area contributed by atoms with E-state index in [0.717, 1.165) is 31.7 Å². The standard InChI is InChI=1S/C10H18N4O/c1-2-12-6-9-7-13-8-14(9)5-3-4-10(11)15/h7-8,12H,2-6H2,1H3,(H2,11,15). The summed E-state index contributed by atoms with van der Waals surface area (Å²) in [5.41, 5.74) is 6.21. The molecule has 3 N–H and O–H groups in total. The van der Waals surface area contributed by atoms with Crippen LogP contribution < -0.4 is 11.1 Å². The Hall–Kier alpha value is -1.36. The maximum Gasteiger partial charge on any atom is 0.217 e. The lowest BCUT2D eigenvalue weighted by molar-refractivity contribution is -0.118. The summed E-state index contributed by atoms with van der Waals surface area (Å²) in [4.78, 5) is 14.6. The first-order valence-electron chi connectivity index (χ1n) is 5.22. The van der Waals surface area contributed by atoms with Gasteiger partial charge in [0.25, 0.3) is 0 Å². The van der Waals surface area contributed by atoms with E-state index in [1.807, 2.05) is 10.8 Å². The average Bonchev–Trinajstić information content (AvgIpc) is 2.62. The second-order valence-corrected chi connectivity index (χ2v) is 3.43. The molecule has 5 heteroatoms. The summed E-state index contributed by atoms with van der Waals surface area (Å²) in [5, 5.41) is 3.24. The van der Waals surface area contributed by atoms with Crippen LogP contribution in [0.4, 0.5) is 0 Å². The Bertz CT molecular complexity index is 308. The number of aryl methyl sites for hydroxylation is 1. The van der Waals surface area contributed by atoms with Crippen LogP contribution in [0.15, 0.2) is 12.5 Å². The smallest absolute Gasteiger partial charge is 0.217 e. The first-order valence-corrected chi connectivity index (χ1v) is 5.22. The van der Waals surface area contributed by atoms with Crippen molar-refractivity contribution in [3.63, 3.8) is 0 Å². The number of nitrogens with one attached hydrogen (secondary N) is 1. The van der Waals surface area contributed by atoms with Crippen LogP contribution in [-0.2, 0) is 17.9 Å². The van der Waals surface area contributed by atoms with Crippen molar-refractivity contribution in [3.05, 3.63) is 18.2 Å². The Kier molecular flexibility index (Phi) is 4.83. The zero-order valence-electron chi connectivity index (χ0n) is 9.07. The lowest BCUT2D eigenvalue weighted by atomic mass is 10.3. The summed E-state index contributed by atoms with van der Waals surface area (Å²) in [6, 6.07) is 0. The number of nitrogens with two attached hydrogens (primary N) is 1. The number of aromatic nitrogens is 2. The molecule has 1 aromatic rings. The minimum atomic E-state index is -0.247. The van der Waals surface area contributed by atoms with Gasteiger partial charge in [0.15, 0.2) is 0 Å². The largest absolute Gasteiger partial charge is 0.370 e. The van der Waals surface area contributed by atoms with E-state index < -0.39 is 0 Å². The Morgan fingerprint density at radius 1 is 1.67 bits per heavy atom. The van der Waals surface area contributed by atoms with E-state index in [1.54, 1.807) is 6.33 Å². The summed E-state index contributed by atoms with van der Waals surface area (Å²) >= 11 is 0. The number of nitrogens with zero attached hydrogens (tertiary/aromatic N) is 2. The Morgan fingerprint density at radius 2 is 2.47 bits per heavy atom. The molecule has 0 fully saturated rings. The summed E-state index contributed by atoms with van der Waals surface area (Å²) in [6.07, 6.45) is 4.82. The van der Waals surface area contributed by atoms with Crippen molar-refractivity contribution in [3.8, 4) is 0 Å². The monoisotopic (exact) mass is 210 g/mol. The van der Waals surface area contributed by atoms with E-state index in [4.69, 9.17) is 5.73 Å². The fraction of sp³-hybridized carbons (Fsp3) is 0.600. The zero-order chi connectivity index (χ0) is 11.1. The second kappa shape index (κ2) is 6.19. The molecule has 0 aliphatic carbocycles.